The first-order valence-corrected chi connectivity index (χ1v) is 7.64. The third kappa shape index (κ3) is 3.01. The number of aromatic amines is 1. The van der Waals surface area contributed by atoms with E-state index in [4.69, 9.17) is 4.74 Å². The Hall–Kier alpha value is -2.60. The number of amides is 1. The van der Waals surface area contributed by atoms with Crippen LogP contribution in [0.2, 0.25) is 0 Å². The maximum atomic E-state index is 12.4. The van der Waals surface area contributed by atoms with Crippen LogP contribution in [0, 0.1) is 0 Å². The van der Waals surface area contributed by atoms with Crippen LogP contribution in [0.5, 0.6) is 5.75 Å². The van der Waals surface area contributed by atoms with Crippen molar-refractivity contribution in [3.8, 4) is 16.3 Å². The number of hydrogen-bond acceptors (Lipinski definition) is 4. The van der Waals surface area contributed by atoms with E-state index in [0.29, 0.717) is 12.1 Å². The molecule has 0 spiro atoms. The van der Waals surface area contributed by atoms with Gasteiger partial charge in [0, 0.05) is 6.54 Å². The average molecular weight is 313 g/mol. The van der Waals surface area contributed by atoms with E-state index < -0.39 is 0 Å². The van der Waals surface area contributed by atoms with Crippen molar-refractivity contribution in [2.45, 2.75) is 6.54 Å². The lowest BCUT2D eigenvalue weighted by molar-refractivity contribution is 0.0951. The van der Waals surface area contributed by atoms with Gasteiger partial charge >= 0.3 is 0 Å². The number of carbonyl (C=O) groups excluding carboxylic acids is 1. The summed E-state index contributed by atoms with van der Waals surface area (Å²) in [6.07, 6.45) is 1.55. The number of carbonyl (C=O) groups is 1. The minimum Gasteiger partial charge on any atom is -0.497 e. The van der Waals surface area contributed by atoms with Crippen molar-refractivity contribution in [1.29, 1.82) is 0 Å². The highest BCUT2D eigenvalue weighted by atomic mass is 32.1. The standard InChI is InChI=1S/C16H15N3O2S/c1-21-12-5-2-4-11(8-12)9-17-16(20)13-10-18-19-15(13)14-6-3-7-22-14/h2-8,10H,9H2,1H3,(H,17,20)(H,18,19). The summed E-state index contributed by atoms with van der Waals surface area (Å²) in [6, 6.07) is 11.5. The zero-order valence-electron chi connectivity index (χ0n) is 12.0. The average Bonchev–Trinajstić information content (AvgIpc) is 3.23. The van der Waals surface area contributed by atoms with E-state index >= 15 is 0 Å². The Labute approximate surface area is 132 Å². The normalized spacial score (nSPS) is 10.4. The molecular formula is C16H15N3O2S. The monoisotopic (exact) mass is 313 g/mol. The lowest BCUT2D eigenvalue weighted by Gasteiger charge is -2.07. The molecule has 3 aromatic rings. The molecule has 0 aliphatic rings. The smallest absolute Gasteiger partial charge is 0.255 e. The second-order valence-electron chi connectivity index (χ2n) is 4.67. The number of rotatable bonds is 5. The van der Waals surface area contributed by atoms with Crippen molar-refractivity contribution in [3.63, 3.8) is 0 Å². The molecular weight excluding hydrogens is 298 g/mol. The highest BCUT2D eigenvalue weighted by Crippen LogP contribution is 2.25. The number of methoxy groups -OCH3 is 1. The number of benzene rings is 1. The molecule has 0 radical (unpaired) electrons. The lowest BCUT2D eigenvalue weighted by Crippen LogP contribution is -2.22. The molecule has 5 nitrogen and oxygen atoms in total. The Morgan fingerprint density at radius 3 is 3.05 bits per heavy atom. The van der Waals surface area contributed by atoms with Gasteiger partial charge in [0.1, 0.15) is 5.75 Å². The van der Waals surface area contributed by atoms with Gasteiger partial charge in [-0.3, -0.25) is 9.89 Å². The van der Waals surface area contributed by atoms with Gasteiger partial charge in [0.2, 0.25) is 0 Å². The molecule has 1 aromatic carbocycles. The fourth-order valence-electron chi connectivity index (χ4n) is 2.13. The fraction of sp³-hybridized carbons (Fsp3) is 0.125. The Morgan fingerprint density at radius 2 is 2.27 bits per heavy atom. The van der Waals surface area contributed by atoms with Crippen LogP contribution in [0.3, 0.4) is 0 Å². The number of nitrogens with one attached hydrogen (secondary N) is 2. The highest BCUT2D eigenvalue weighted by molar-refractivity contribution is 7.13. The van der Waals surface area contributed by atoms with Crippen molar-refractivity contribution >= 4 is 17.2 Å². The van der Waals surface area contributed by atoms with Crippen LogP contribution in [-0.4, -0.2) is 23.2 Å². The number of nitrogens with zero attached hydrogens (tertiary/aromatic N) is 1. The van der Waals surface area contributed by atoms with Gasteiger partial charge < -0.3 is 10.1 Å². The van der Waals surface area contributed by atoms with Gasteiger partial charge in [0.15, 0.2) is 0 Å². The van der Waals surface area contributed by atoms with Crippen molar-refractivity contribution in [2.75, 3.05) is 7.11 Å². The van der Waals surface area contributed by atoms with E-state index in [1.165, 1.54) is 0 Å². The molecule has 0 aliphatic heterocycles. The summed E-state index contributed by atoms with van der Waals surface area (Å²) in [4.78, 5) is 13.3. The van der Waals surface area contributed by atoms with Crippen molar-refractivity contribution in [3.05, 3.63) is 59.1 Å². The van der Waals surface area contributed by atoms with Crippen molar-refractivity contribution in [1.82, 2.24) is 15.5 Å². The maximum absolute atomic E-state index is 12.4. The Kier molecular flexibility index (Phi) is 4.20. The number of ether oxygens (including phenoxy) is 1. The quantitative estimate of drug-likeness (QED) is 0.760. The van der Waals surface area contributed by atoms with Gasteiger partial charge in [0.25, 0.3) is 5.91 Å². The zero-order chi connectivity index (χ0) is 15.4. The number of thiophene rings is 1. The Balaban J connectivity index is 1.71. The van der Waals surface area contributed by atoms with Crippen molar-refractivity contribution in [2.24, 2.45) is 0 Å². The summed E-state index contributed by atoms with van der Waals surface area (Å²) < 4.78 is 5.18. The molecule has 0 aliphatic carbocycles. The van der Waals surface area contributed by atoms with Crippen LogP contribution in [0.4, 0.5) is 0 Å². The molecule has 2 aromatic heterocycles. The van der Waals surface area contributed by atoms with E-state index in [9.17, 15) is 4.79 Å². The van der Waals surface area contributed by atoms with Crippen LogP contribution >= 0.6 is 11.3 Å². The molecule has 2 N–H and O–H groups in total. The first-order valence-electron chi connectivity index (χ1n) is 6.76. The lowest BCUT2D eigenvalue weighted by atomic mass is 10.2. The second-order valence-corrected chi connectivity index (χ2v) is 5.62. The number of H-pyrrole nitrogens is 1. The predicted molar refractivity (Wildman–Crippen MR) is 86.1 cm³/mol. The maximum Gasteiger partial charge on any atom is 0.255 e. The summed E-state index contributed by atoms with van der Waals surface area (Å²) in [7, 11) is 1.62. The fourth-order valence-corrected chi connectivity index (χ4v) is 2.86. The Bertz CT molecular complexity index is 765. The van der Waals surface area contributed by atoms with Gasteiger partial charge in [-0.2, -0.15) is 5.10 Å². The third-order valence-corrected chi connectivity index (χ3v) is 4.13. The molecule has 6 heteroatoms. The molecule has 22 heavy (non-hydrogen) atoms. The van der Waals surface area contributed by atoms with E-state index in [0.717, 1.165) is 21.9 Å². The topological polar surface area (TPSA) is 67.0 Å². The van der Waals surface area contributed by atoms with Gasteiger partial charge in [0.05, 0.1) is 29.4 Å². The van der Waals surface area contributed by atoms with Crippen LogP contribution in [-0.2, 0) is 6.54 Å². The molecule has 112 valence electrons. The molecule has 0 unspecified atom stereocenters. The highest BCUT2D eigenvalue weighted by Gasteiger charge is 2.15. The van der Waals surface area contributed by atoms with Gasteiger partial charge in [-0.1, -0.05) is 18.2 Å². The third-order valence-electron chi connectivity index (χ3n) is 3.24. The molecule has 0 bridgehead atoms. The molecule has 3 rings (SSSR count). The first-order chi connectivity index (χ1) is 10.8. The van der Waals surface area contributed by atoms with Gasteiger partial charge in [-0.15, -0.1) is 11.3 Å². The summed E-state index contributed by atoms with van der Waals surface area (Å²) in [5.74, 6) is 0.620. The number of hydrogen-bond donors (Lipinski definition) is 2. The van der Waals surface area contributed by atoms with E-state index in [2.05, 4.69) is 15.5 Å². The zero-order valence-corrected chi connectivity index (χ0v) is 12.8. The van der Waals surface area contributed by atoms with Crippen LogP contribution < -0.4 is 10.1 Å². The number of aromatic nitrogens is 2. The van der Waals surface area contributed by atoms with Gasteiger partial charge in [-0.25, -0.2) is 0 Å². The van der Waals surface area contributed by atoms with Crippen LogP contribution in [0.1, 0.15) is 15.9 Å². The molecule has 0 atom stereocenters. The summed E-state index contributed by atoms with van der Waals surface area (Å²) in [5, 5.41) is 11.7. The minimum absolute atomic E-state index is 0.153. The molecule has 1 amide bonds. The Morgan fingerprint density at radius 1 is 1.36 bits per heavy atom. The second kappa shape index (κ2) is 6.44. The summed E-state index contributed by atoms with van der Waals surface area (Å²) in [5.41, 5.74) is 2.28. The first kappa shape index (κ1) is 14.3. The minimum atomic E-state index is -0.153. The molecule has 0 fully saturated rings. The predicted octanol–water partition coefficient (Wildman–Crippen LogP) is 3.08. The largest absolute Gasteiger partial charge is 0.497 e. The molecule has 0 saturated heterocycles. The molecule has 2 heterocycles. The van der Waals surface area contributed by atoms with Crippen LogP contribution in [0.25, 0.3) is 10.6 Å². The SMILES string of the molecule is COc1cccc(CNC(=O)c2cn[nH]c2-c2cccs2)c1. The molecule has 0 saturated carbocycles. The van der Waals surface area contributed by atoms with E-state index in [1.807, 2.05) is 41.8 Å². The van der Waals surface area contributed by atoms with Crippen LogP contribution in [0.15, 0.2) is 48.0 Å². The van der Waals surface area contributed by atoms with Crippen molar-refractivity contribution < 1.29 is 9.53 Å². The summed E-state index contributed by atoms with van der Waals surface area (Å²) in [6.45, 7) is 0.436. The van der Waals surface area contributed by atoms with Gasteiger partial charge in [-0.05, 0) is 29.1 Å². The summed E-state index contributed by atoms with van der Waals surface area (Å²) >= 11 is 1.56. The van der Waals surface area contributed by atoms with E-state index in [-0.39, 0.29) is 5.91 Å². The van der Waals surface area contributed by atoms with E-state index in [1.54, 1.807) is 24.6 Å².